The van der Waals surface area contributed by atoms with Crippen LogP contribution in [0.3, 0.4) is 0 Å². The lowest BCUT2D eigenvalue weighted by molar-refractivity contribution is -0.120. The molecule has 0 unspecified atom stereocenters. The summed E-state index contributed by atoms with van der Waals surface area (Å²) in [5.41, 5.74) is 0.737. The zero-order chi connectivity index (χ0) is 15.5. The molecule has 0 atom stereocenters. The summed E-state index contributed by atoms with van der Waals surface area (Å²) in [5, 5.41) is 5.87. The van der Waals surface area contributed by atoms with Gasteiger partial charge < -0.3 is 20.1 Å². The van der Waals surface area contributed by atoms with Crippen molar-refractivity contribution in [3.8, 4) is 5.75 Å². The van der Waals surface area contributed by atoms with Gasteiger partial charge in [0.25, 0.3) is 0 Å². The highest BCUT2D eigenvalue weighted by molar-refractivity contribution is 5.78. The number of amides is 1. The maximum absolute atomic E-state index is 12.0. The maximum atomic E-state index is 12.0. The minimum Gasteiger partial charge on any atom is -0.435 e. The van der Waals surface area contributed by atoms with Gasteiger partial charge in [-0.1, -0.05) is 12.1 Å². The van der Waals surface area contributed by atoms with Gasteiger partial charge in [0.15, 0.2) is 0 Å². The van der Waals surface area contributed by atoms with Crippen LogP contribution < -0.4 is 15.4 Å². The summed E-state index contributed by atoms with van der Waals surface area (Å²) in [6, 6.07) is 6.02. The predicted octanol–water partition coefficient (Wildman–Crippen LogP) is 1.18. The van der Waals surface area contributed by atoms with Gasteiger partial charge in [0.1, 0.15) is 5.75 Å². The Morgan fingerprint density at radius 2 is 1.90 bits per heavy atom. The third-order valence-electron chi connectivity index (χ3n) is 2.62. The van der Waals surface area contributed by atoms with E-state index in [1.165, 1.54) is 12.1 Å². The first-order valence-electron chi connectivity index (χ1n) is 6.62. The van der Waals surface area contributed by atoms with E-state index in [1.807, 2.05) is 0 Å². The van der Waals surface area contributed by atoms with Crippen molar-refractivity contribution < 1.29 is 23.0 Å². The van der Waals surface area contributed by atoms with Gasteiger partial charge in [-0.05, 0) is 17.7 Å². The molecule has 0 aliphatic rings. The van der Waals surface area contributed by atoms with Gasteiger partial charge in [-0.25, -0.2) is 0 Å². The van der Waals surface area contributed by atoms with Crippen LogP contribution in [-0.4, -0.2) is 45.9 Å². The zero-order valence-electron chi connectivity index (χ0n) is 11.9. The van der Waals surface area contributed by atoms with Gasteiger partial charge >= 0.3 is 6.61 Å². The second-order valence-electron chi connectivity index (χ2n) is 4.29. The average Bonchev–Trinajstić information content (AvgIpc) is 2.44. The fourth-order valence-electron chi connectivity index (χ4n) is 1.63. The fourth-order valence-corrected chi connectivity index (χ4v) is 1.63. The van der Waals surface area contributed by atoms with E-state index in [4.69, 9.17) is 4.74 Å². The van der Waals surface area contributed by atoms with E-state index < -0.39 is 6.61 Å². The fraction of sp³-hybridized carbons (Fsp3) is 0.500. The van der Waals surface area contributed by atoms with Crippen LogP contribution in [0.25, 0.3) is 0 Å². The molecule has 1 amide bonds. The SMILES string of the molecule is COCCNCCNC(=O)Cc1ccc(OC(F)F)cc1. The van der Waals surface area contributed by atoms with Crippen LogP contribution in [0.2, 0.25) is 0 Å². The van der Waals surface area contributed by atoms with Crippen LogP contribution in [-0.2, 0) is 16.0 Å². The lowest BCUT2D eigenvalue weighted by atomic mass is 10.1. The van der Waals surface area contributed by atoms with E-state index in [0.29, 0.717) is 19.7 Å². The summed E-state index contributed by atoms with van der Waals surface area (Å²) in [4.78, 5) is 11.6. The molecule has 0 heterocycles. The van der Waals surface area contributed by atoms with E-state index in [1.54, 1.807) is 19.2 Å². The topological polar surface area (TPSA) is 59.6 Å². The Morgan fingerprint density at radius 3 is 2.52 bits per heavy atom. The molecule has 1 rings (SSSR count). The smallest absolute Gasteiger partial charge is 0.387 e. The molecule has 5 nitrogen and oxygen atoms in total. The summed E-state index contributed by atoms with van der Waals surface area (Å²) in [7, 11) is 1.63. The number of nitrogens with one attached hydrogen (secondary N) is 2. The summed E-state index contributed by atoms with van der Waals surface area (Å²) >= 11 is 0. The number of carbonyl (C=O) groups is 1. The summed E-state index contributed by atoms with van der Waals surface area (Å²) in [5.74, 6) is -0.0393. The number of hydrogen-bond acceptors (Lipinski definition) is 4. The first-order valence-corrected chi connectivity index (χ1v) is 6.62. The van der Waals surface area contributed by atoms with E-state index in [9.17, 15) is 13.6 Å². The van der Waals surface area contributed by atoms with E-state index in [-0.39, 0.29) is 18.1 Å². The second kappa shape index (κ2) is 10.1. The monoisotopic (exact) mass is 302 g/mol. The van der Waals surface area contributed by atoms with Crippen LogP contribution in [0, 0.1) is 0 Å². The minimum absolute atomic E-state index is 0.0801. The zero-order valence-corrected chi connectivity index (χ0v) is 11.9. The lowest BCUT2D eigenvalue weighted by Crippen LogP contribution is -2.33. The molecular weight excluding hydrogens is 282 g/mol. The number of halogens is 2. The largest absolute Gasteiger partial charge is 0.435 e. The molecule has 118 valence electrons. The Hall–Kier alpha value is -1.73. The normalized spacial score (nSPS) is 10.7. The Kier molecular flexibility index (Phi) is 8.30. The van der Waals surface area contributed by atoms with Crippen molar-refractivity contribution in [2.75, 3.05) is 33.4 Å². The van der Waals surface area contributed by atoms with Crippen molar-refractivity contribution in [3.63, 3.8) is 0 Å². The molecule has 1 aromatic carbocycles. The molecule has 0 fully saturated rings. The Morgan fingerprint density at radius 1 is 1.19 bits per heavy atom. The van der Waals surface area contributed by atoms with Crippen LogP contribution in [0.4, 0.5) is 8.78 Å². The molecule has 0 aliphatic carbocycles. The molecule has 0 saturated carbocycles. The number of rotatable bonds is 10. The van der Waals surface area contributed by atoms with Gasteiger partial charge in [-0.15, -0.1) is 0 Å². The van der Waals surface area contributed by atoms with E-state index in [2.05, 4.69) is 15.4 Å². The van der Waals surface area contributed by atoms with Crippen LogP contribution in [0.1, 0.15) is 5.56 Å². The highest BCUT2D eigenvalue weighted by Gasteiger charge is 2.06. The molecular formula is C14H20F2N2O3. The van der Waals surface area contributed by atoms with Gasteiger partial charge in [-0.3, -0.25) is 4.79 Å². The van der Waals surface area contributed by atoms with Crippen LogP contribution >= 0.6 is 0 Å². The third-order valence-corrected chi connectivity index (χ3v) is 2.62. The molecule has 0 bridgehead atoms. The van der Waals surface area contributed by atoms with E-state index in [0.717, 1.165) is 12.1 Å². The number of ether oxygens (including phenoxy) is 2. The molecule has 0 spiro atoms. The third kappa shape index (κ3) is 8.21. The van der Waals surface area contributed by atoms with Crippen LogP contribution in [0.15, 0.2) is 24.3 Å². The van der Waals surface area contributed by atoms with Crippen LogP contribution in [0.5, 0.6) is 5.75 Å². The molecule has 1 aromatic rings. The Bertz CT molecular complexity index is 413. The first-order chi connectivity index (χ1) is 10.1. The van der Waals surface area contributed by atoms with Gasteiger partial charge in [0, 0.05) is 26.7 Å². The Labute approximate surface area is 122 Å². The van der Waals surface area contributed by atoms with Crippen molar-refractivity contribution in [2.24, 2.45) is 0 Å². The molecule has 0 aliphatic heterocycles. The van der Waals surface area contributed by atoms with Gasteiger partial charge in [0.05, 0.1) is 13.0 Å². The second-order valence-corrected chi connectivity index (χ2v) is 4.29. The van der Waals surface area contributed by atoms with Crippen molar-refractivity contribution in [3.05, 3.63) is 29.8 Å². The molecule has 21 heavy (non-hydrogen) atoms. The predicted molar refractivity (Wildman–Crippen MR) is 74.5 cm³/mol. The molecule has 2 N–H and O–H groups in total. The lowest BCUT2D eigenvalue weighted by Gasteiger charge is -2.08. The molecule has 7 heteroatoms. The standard InChI is InChI=1S/C14H20F2N2O3/c1-20-9-8-17-6-7-18-13(19)10-11-2-4-12(5-3-11)21-14(15)16/h2-5,14,17H,6-10H2,1H3,(H,18,19). The maximum Gasteiger partial charge on any atom is 0.387 e. The number of alkyl halides is 2. The Balaban J connectivity index is 2.21. The minimum atomic E-state index is -2.84. The number of carbonyl (C=O) groups excluding carboxylic acids is 1. The summed E-state index contributed by atoms with van der Waals surface area (Å²) in [6.45, 7) is -0.297. The van der Waals surface area contributed by atoms with Crippen molar-refractivity contribution >= 4 is 5.91 Å². The van der Waals surface area contributed by atoms with Crippen molar-refractivity contribution in [2.45, 2.75) is 13.0 Å². The summed E-state index contributed by atoms with van der Waals surface area (Å²) in [6.07, 6.45) is 0.201. The number of benzene rings is 1. The first kappa shape index (κ1) is 17.3. The van der Waals surface area contributed by atoms with Crippen molar-refractivity contribution in [1.82, 2.24) is 10.6 Å². The van der Waals surface area contributed by atoms with Gasteiger partial charge in [-0.2, -0.15) is 8.78 Å². The number of hydrogen-bond donors (Lipinski definition) is 2. The van der Waals surface area contributed by atoms with E-state index >= 15 is 0 Å². The molecule has 0 aromatic heterocycles. The quantitative estimate of drug-likeness (QED) is 0.637. The molecule has 0 radical (unpaired) electrons. The summed E-state index contributed by atoms with van der Waals surface area (Å²) < 4.78 is 33.1. The van der Waals surface area contributed by atoms with Crippen molar-refractivity contribution in [1.29, 1.82) is 0 Å². The highest BCUT2D eigenvalue weighted by Crippen LogP contribution is 2.15. The molecule has 0 saturated heterocycles. The average molecular weight is 302 g/mol. The highest BCUT2D eigenvalue weighted by atomic mass is 19.3. The number of methoxy groups -OCH3 is 1. The van der Waals surface area contributed by atoms with Gasteiger partial charge in [0.2, 0.25) is 5.91 Å².